The zero-order valence-corrected chi connectivity index (χ0v) is 20.1. The third-order valence-electron chi connectivity index (χ3n) is 4.87. The number of carboxylic acid groups (broad SMARTS) is 1. The van der Waals surface area contributed by atoms with E-state index in [2.05, 4.69) is 16.0 Å². The van der Waals surface area contributed by atoms with E-state index in [0.717, 1.165) is 0 Å². The zero-order valence-electron chi connectivity index (χ0n) is 19.3. The summed E-state index contributed by atoms with van der Waals surface area (Å²) in [6.45, 7) is 5.22. The molecule has 0 aromatic carbocycles. The van der Waals surface area contributed by atoms with E-state index < -0.39 is 54.0 Å². The monoisotopic (exact) mass is 477 g/mol. The number of hydrogen-bond donors (Lipinski definition) is 7. The standard InChI is InChI=1S/C20H39N5O6S/c1-11(2)16(25-18(28)15(22)12(3)26)19(29)23-13(8-10-32-4)17(27)24-14(20(30)31)7-5-6-9-21/h11-16,26H,5-10,21-22H2,1-4H3,(H,23,29)(H,24,27)(H,25,28)(H,30,31). The van der Waals surface area contributed by atoms with Gasteiger partial charge in [-0.15, -0.1) is 0 Å². The van der Waals surface area contributed by atoms with E-state index >= 15 is 0 Å². The lowest BCUT2D eigenvalue weighted by Gasteiger charge is -2.27. The molecule has 11 nitrogen and oxygen atoms in total. The van der Waals surface area contributed by atoms with E-state index in [1.54, 1.807) is 13.8 Å². The molecule has 5 atom stereocenters. The molecule has 0 bridgehead atoms. The summed E-state index contributed by atoms with van der Waals surface area (Å²) >= 11 is 1.47. The van der Waals surface area contributed by atoms with Crippen LogP contribution in [0.4, 0.5) is 0 Å². The van der Waals surface area contributed by atoms with Gasteiger partial charge in [0.05, 0.1) is 6.10 Å². The van der Waals surface area contributed by atoms with Crippen LogP contribution in [0.25, 0.3) is 0 Å². The number of unbranched alkanes of at least 4 members (excludes halogenated alkanes) is 1. The number of carbonyl (C=O) groups is 4. The Labute approximate surface area is 193 Å². The maximum atomic E-state index is 12.9. The molecule has 186 valence electrons. The Bertz CT molecular complexity index is 619. The second-order valence-corrected chi connectivity index (χ2v) is 9.01. The van der Waals surface area contributed by atoms with Crippen molar-refractivity contribution in [3.8, 4) is 0 Å². The van der Waals surface area contributed by atoms with E-state index in [-0.39, 0.29) is 18.8 Å². The highest BCUT2D eigenvalue weighted by Crippen LogP contribution is 2.08. The van der Waals surface area contributed by atoms with E-state index in [1.165, 1.54) is 18.7 Å². The predicted octanol–water partition coefficient (Wildman–Crippen LogP) is -1.23. The van der Waals surface area contributed by atoms with Gasteiger partial charge in [-0.05, 0) is 57.1 Å². The van der Waals surface area contributed by atoms with Gasteiger partial charge in [0.15, 0.2) is 0 Å². The number of rotatable bonds is 16. The lowest BCUT2D eigenvalue weighted by atomic mass is 10.0. The van der Waals surface area contributed by atoms with Crippen LogP contribution in [0.5, 0.6) is 0 Å². The second kappa shape index (κ2) is 15.8. The molecule has 0 spiro atoms. The maximum Gasteiger partial charge on any atom is 0.326 e. The molecule has 0 heterocycles. The van der Waals surface area contributed by atoms with Gasteiger partial charge in [-0.3, -0.25) is 14.4 Å². The van der Waals surface area contributed by atoms with Crippen LogP contribution in [0.3, 0.4) is 0 Å². The summed E-state index contributed by atoms with van der Waals surface area (Å²) in [7, 11) is 0. The SMILES string of the molecule is CSCCC(NC(=O)C(NC(=O)C(N)C(C)O)C(C)C)C(=O)NC(CCCCN)C(=O)O. The van der Waals surface area contributed by atoms with Gasteiger partial charge in [0.25, 0.3) is 0 Å². The van der Waals surface area contributed by atoms with Gasteiger partial charge in [0, 0.05) is 0 Å². The minimum atomic E-state index is -1.20. The van der Waals surface area contributed by atoms with Crippen molar-refractivity contribution in [1.82, 2.24) is 16.0 Å². The Hall–Kier alpha value is -1.89. The largest absolute Gasteiger partial charge is 0.480 e. The molecule has 32 heavy (non-hydrogen) atoms. The highest BCUT2D eigenvalue weighted by molar-refractivity contribution is 7.98. The summed E-state index contributed by atoms with van der Waals surface area (Å²) in [5.74, 6) is -2.83. The van der Waals surface area contributed by atoms with Crippen molar-refractivity contribution in [3.05, 3.63) is 0 Å². The summed E-state index contributed by atoms with van der Waals surface area (Å²) < 4.78 is 0. The highest BCUT2D eigenvalue weighted by atomic mass is 32.2. The van der Waals surface area contributed by atoms with Crippen molar-refractivity contribution < 1.29 is 29.4 Å². The fourth-order valence-corrected chi connectivity index (χ4v) is 3.26. The molecule has 12 heteroatoms. The van der Waals surface area contributed by atoms with Crippen molar-refractivity contribution >= 4 is 35.5 Å². The maximum absolute atomic E-state index is 12.9. The Morgan fingerprint density at radius 1 is 0.906 bits per heavy atom. The number of aliphatic carboxylic acids is 1. The van der Waals surface area contributed by atoms with Crippen molar-refractivity contribution in [2.45, 2.75) is 76.7 Å². The molecule has 0 saturated carbocycles. The fraction of sp³-hybridized carbons (Fsp3) is 0.800. The number of aliphatic hydroxyl groups is 1. The van der Waals surface area contributed by atoms with Crippen LogP contribution in [-0.2, 0) is 19.2 Å². The molecule has 0 fully saturated rings. The van der Waals surface area contributed by atoms with Crippen molar-refractivity contribution in [3.63, 3.8) is 0 Å². The Morgan fingerprint density at radius 3 is 1.97 bits per heavy atom. The molecule has 9 N–H and O–H groups in total. The van der Waals surface area contributed by atoms with Crippen LogP contribution >= 0.6 is 11.8 Å². The minimum absolute atomic E-state index is 0.226. The van der Waals surface area contributed by atoms with Gasteiger partial charge in [-0.2, -0.15) is 11.8 Å². The number of nitrogens with one attached hydrogen (secondary N) is 3. The Balaban J connectivity index is 5.34. The molecule has 5 unspecified atom stereocenters. The molecule has 0 saturated heterocycles. The van der Waals surface area contributed by atoms with Crippen LogP contribution in [0.1, 0.15) is 46.5 Å². The molecular weight excluding hydrogens is 438 g/mol. The first-order chi connectivity index (χ1) is 15.0. The summed E-state index contributed by atoms with van der Waals surface area (Å²) in [5.41, 5.74) is 11.1. The van der Waals surface area contributed by atoms with Gasteiger partial charge >= 0.3 is 5.97 Å². The molecule has 0 radical (unpaired) electrons. The molecule has 0 aliphatic carbocycles. The molecule has 0 aliphatic rings. The first-order valence-corrected chi connectivity index (χ1v) is 12.1. The normalized spacial score (nSPS) is 15.9. The van der Waals surface area contributed by atoms with Crippen molar-refractivity contribution in [2.75, 3.05) is 18.6 Å². The van der Waals surface area contributed by atoms with Crippen LogP contribution < -0.4 is 27.4 Å². The number of aliphatic hydroxyl groups excluding tert-OH is 1. The van der Waals surface area contributed by atoms with Crippen LogP contribution in [0, 0.1) is 5.92 Å². The number of hydrogen-bond acceptors (Lipinski definition) is 8. The summed E-state index contributed by atoms with van der Waals surface area (Å²) in [5, 5.41) is 26.5. The van der Waals surface area contributed by atoms with Crippen LogP contribution in [0.2, 0.25) is 0 Å². The molecule has 0 aromatic heterocycles. The van der Waals surface area contributed by atoms with Gasteiger partial charge < -0.3 is 37.6 Å². The quantitative estimate of drug-likeness (QED) is 0.133. The molecule has 0 rings (SSSR count). The van der Waals surface area contributed by atoms with Gasteiger partial charge in [0.1, 0.15) is 24.2 Å². The fourth-order valence-electron chi connectivity index (χ4n) is 2.79. The Morgan fingerprint density at radius 2 is 1.50 bits per heavy atom. The number of amides is 3. The van der Waals surface area contributed by atoms with E-state index in [4.69, 9.17) is 11.5 Å². The van der Waals surface area contributed by atoms with E-state index in [0.29, 0.717) is 25.1 Å². The lowest BCUT2D eigenvalue weighted by molar-refractivity contribution is -0.142. The van der Waals surface area contributed by atoms with Gasteiger partial charge in [-0.25, -0.2) is 4.79 Å². The minimum Gasteiger partial charge on any atom is -0.480 e. The third-order valence-corrected chi connectivity index (χ3v) is 5.52. The number of thioether (sulfide) groups is 1. The summed E-state index contributed by atoms with van der Waals surface area (Å²) in [4.78, 5) is 49.4. The average molecular weight is 478 g/mol. The molecule has 0 aliphatic heterocycles. The molecular formula is C20H39N5O6S. The lowest BCUT2D eigenvalue weighted by Crippen LogP contribution is -2.59. The first-order valence-electron chi connectivity index (χ1n) is 10.7. The van der Waals surface area contributed by atoms with Crippen LogP contribution in [0.15, 0.2) is 0 Å². The summed E-state index contributed by atoms with van der Waals surface area (Å²) in [6, 6.07) is -4.26. The number of carboxylic acids is 1. The van der Waals surface area contributed by atoms with E-state index in [1.807, 2.05) is 6.26 Å². The predicted molar refractivity (Wildman–Crippen MR) is 124 cm³/mol. The van der Waals surface area contributed by atoms with Crippen molar-refractivity contribution in [1.29, 1.82) is 0 Å². The number of carbonyl (C=O) groups excluding carboxylic acids is 3. The second-order valence-electron chi connectivity index (χ2n) is 8.02. The summed E-state index contributed by atoms with van der Waals surface area (Å²) in [6.07, 6.45) is 2.43. The zero-order chi connectivity index (χ0) is 24.8. The van der Waals surface area contributed by atoms with Gasteiger partial charge in [0.2, 0.25) is 17.7 Å². The average Bonchev–Trinajstić information content (AvgIpc) is 2.72. The van der Waals surface area contributed by atoms with Crippen LogP contribution in [-0.4, -0.2) is 82.7 Å². The topological polar surface area (TPSA) is 197 Å². The molecule has 3 amide bonds. The first kappa shape index (κ1) is 30.1. The Kier molecular flexibility index (Phi) is 14.9. The van der Waals surface area contributed by atoms with Crippen molar-refractivity contribution in [2.24, 2.45) is 17.4 Å². The highest BCUT2D eigenvalue weighted by Gasteiger charge is 2.32. The smallest absolute Gasteiger partial charge is 0.326 e. The number of nitrogens with two attached hydrogens (primary N) is 2. The third kappa shape index (κ3) is 11.1. The van der Waals surface area contributed by atoms with E-state index in [9.17, 15) is 29.4 Å². The molecule has 0 aromatic rings. The van der Waals surface area contributed by atoms with Gasteiger partial charge in [-0.1, -0.05) is 13.8 Å².